The zero-order valence-corrected chi connectivity index (χ0v) is 17.2. The van der Waals surface area contributed by atoms with Crippen molar-refractivity contribution >= 4 is 10.0 Å². The van der Waals surface area contributed by atoms with Gasteiger partial charge in [0.2, 0.25) is 10.0 Å². The maximum Gasteiger partial charge on any atom is 0.572 e. The van der Waals surface area contributed by atoms with E-state index >= 15 is 0 Å². The lowest BCUT2D eigenvalue weighted by atomic mass is 10.0. The highest BCUT2D eigenvalue weighted by Crippen LogP contribution is 2.33. The predicted molar refractivity (Wildman–Crippen MR) is 102 cm³/mol. The van der Waals surface area contributed by atoms with Crippen molar-refractivity contribution in [2.24, 2.45) is 0 Å². The fourth-order valence-corrected chi connectivity index (χ4v) is 5.16. The lowest BCUT2D eigenvalue weighted by molar-refractivity contribution is -0.306. The highest BCUT2D eigenvalue weighted by molar-refractivity contribution is 7.89. The van der Waals surface area contributed by atoms with E-state index in [1.165, 1.54) is 16.4 Å². The van der Waals surface area contributed by atoms with Crippen molar-refractivity contribution in [3.63, 3.8) is 0 Å². The van der Waals surface area contributed by atoms with Gasteiger partial charge in [-0.15, -0.1) is 13.2 Å². The Morgan fingerprint density at radius 2 is 1.77 bits per heavy atom. The molecule has 1 aromatic rings. The van der Waals surface area contributed by atoms with E-state index in [0.717, 1.165) is 11.6 Å². The number of nitrogens with zero attached hydrogens (tertiary/aromatic N) is 1. The van der Waals surface area contributed by atoms with E-state index in [4.69, 9.17) is 4.74 Å². The molecule has 0 saturated carbocycles. The van der Waals surface area contributed by atoms with Crippen molar-refractivity contribution in [1.82, 2.24) is 4.31 Å². The molecule has 0 amide bonds. The van der Waals surface area contributed by atoms with Gasteiger partial charge in [0.1, 0.15) is 11.6 Å². The Bertz CT molecular complexity index is 917. The third kappa shape index (κ3) is 5.61. The molecule has 1 aliphatic carbocycles. The molecule has 3 rings (SSSR count). The van der Waals surface area contributed by atoms with Crippen LogP contribution in [0.15, 0.2) is 52.4 Å². The summed E-state index contributed by atoms with van der Waals surface area (Å²) in [5.41, 5.74) is 0.757. The van der Waals surface area contributed by atoms with E-state index in [-0.39, 0.29) is 29.9 Å². The zero-order chi connectivity index (χ0) is 21.9. The van der Waals surface area contributed by atoms with Crippen LogP contribution in [0, 0.1) is 6.92 Å². The van der Waals surface area contributed by atoms with E-state index in [9.17, 15) is 26.0 Å². The number of alkyl halides is 3. The summed E-state index contributed by atoms with van der Waals surface area (Å²) in [6.07, 6.45) is -3.62. The fourth-order valence-electron chi connectivity index (χ4n) is 3.50. The summed E-state index contributed by atoms with van der Waals surface area (Å²) in [7, 11) is -4.01. The molecule has 1 aliphatic heterocycles. The number of sulfonamides is 1. The second-order valence-electron chi connectivity index (χ2n) is 7.30. The maximum absolute atomic E-state index is 14.5. The van der Waals surface area contributed by atoms with Gasteiger partial charge < -0.3 is 9.47 Å². The van der Waals surface area contributed by atoms with Gasteiger partial charge in [0, 0.05) is 44.2 Å². The smallest absolute Gasteiger partial charge is 0.410 e. The Hall–Kier alpha value is -1.91. The van der Waals surface area contributed by atoms with Crippen LogP contribution in [0.2, 0.25) is 0 Å². The number of aryl methyl sites for hydroxylation is 1. The Balaban J connectivity index is 1.94. The molecule has 1 heterocycles. The van der Waals surface area contributed by atoms with Gasteiger partial charge in [0.25, 0.3) is 0 Å². The van der Waals surface area contributed by atoms with E-state index in [1.54, 1.807) is 12.1 Å². The van der Waals surface area contributed by atoms with E-state index in [1.807, 2.05) is 6.92 Å². The number of hydrogen-bond acceptors (Lipinski definition) is 4. The molecule has 166 valence electrons. The summed E-state index contributed by atoms with van der Waals surface area (Å²) >= 11 is 0. The molecule has 0 spiro atoms. The molecule has 10 heteroatoms. The molecule has 0 N–H and O–H groups in total. The predicted octanol–water partition coefficient (Wildman–Crippen LogP) is 4.60. The summed E-state index contributed by atoms with van der Waals surface area (Å²) in [6, 6.07) is 5.80. The van der Waals surface area contributed by atoms with Crippen LogP contribution in [0.5, 0.6) is 0 Å². The first kappa shape index (κ1) is 22.8. The number of halogens is 4. The third-order valence-corrected chi connectivity index (χ3v) is 6.99. The van der Waals surface area contributed by atoms with Crippen LogP contribution in [0.4, 0.5) is 17.6 Å². The lowest BCUT2D eigenvalue weighted by Crippen LogP contribution is -2.44. The Morgan fingerprint density at radius 1 is 1.13 bits per heavy atom. The largest absolute Gasteiger partial charge is 0.572 e. The molecular formula is C20H23F4NO4S. The standard InChI is InChI=1S/C20H23F4NO4S/c1-14-2-5-18(6-3-14)30(26,27)25(16-8-10-28-11-9-16)13-15-12-17(4-7-19(15)21)29-20(22,23)24/h2-3,5-6,12,16H,4,7-11,13H2,1H3. The molecule has 1 fully saturated rings. The second kappa shape index (κ2) is 9.07. The molecule has 0 atom stereocenters. The molecule has 2 aliphatic rings. The monoisotopic (exact) mass is 449 g/mol. The summed E-state index contributed by atoms with van der Waals surface area (Å²) in [5.74, 6) is -1.07. The summed E-state index contributed by atoms with van der Waals surface area (Å²) in [6.45, 7) is 2.15. The summed E-state index contributed by atoms with van der Waals surface area (Å²) in [5, 5.41) is 0. The van der Waals surface area contributed by atoms with Crippen LogP contribution in [-0.2, 0) is 19.5 Å². The van der Waals surface area contributed by atoms with Gasteiger partial charge in [0.15, 0.2) is 0 Å². The third-order valence-electron chi connectivity index (χ3n) is 5.07. The molecular weight excluding hydrogens is 426 g/mol. The van der Waals surface area contributed by atoms with Gasteiger partial charge in [0.05, 0.1) is 4.90 Å². The van der Waals surface area contributed by atoms with Gasteiger partial charge in [-0.25, -0.2) is 12.8 Å². The van der Waals surface area contributed by atoms with Gasteiger partial charge in [-0.1, -0.05) is 17.7 Å². The van der Waals surface area contributed by atoms with Crippen LogP contribution >= 0.6 is 0 Å². The van der Waals surface area contributed by atoms with E-state index in [2.05, 4.69) is 4.74 Å². The highest BCUT2D eigenvalue weighted by atomic mass is 32.2. The van der Waals surface area contributed by atoms with E-state index < -0.39 is 34.0 Å². The van der Waals surface area contributed by atoms with Crippen molar-refractivity contribution in [2.75, 3.05) is 19.8 Å². The quantitative estimate of drug-likeness (QED) is 0.596. The fraction of sp³-hybridized carbons (Fsp3) is 0.500. The van der Waals surface area contributed by atoms with Crippen LogP contribution in [-0.4, -0.2) is 44.9 Å². The molecule has 1 aromatic carbocycles. The molecule has 0 aromatic heterocycles. The zero-order valence-electron chi connectivity index (χ0n) is 16.4. The van der Waals surface area contributed by atoms with Gasteiger partial charge in [-0.3, -0.25) is 0 Å². The minimum Gasteiger partial charge on any atom is -0.410 e. The van der Waals surface area contributed by atoms with Crippen molar-refractivity contribution in [3.05, 3.63) is 53.1 Å². The first-order chi connectivity index (χ1) is 14.1. The first-order valence-corrected chi connectivity index (χ1v) is 11.0. The first-order valence-electron chi connectivity index (χ1n) is 9.56. The molecule has 0 unspecified atom stereocenters. The number of benzene rings is 1. The molecule has 1 saturated heterocycles. The number of allylic oxidation sites excluding steroid dienone is 2. The van der Waals surface area contributed by atoms with Gasteiger partial charge in [-0.05, 0) is 38.0 Å². The SMILES string of the molecule is Cc1ccc(S(=O)(=O)N(CC2=C(F)CCC(OC(F)(F)F)=C2)C2CCOCC2)cc1. The van der Waals surface area contributed by atoms with Gasteiger partial charge >= 0.3 is 6.36 Å². The normalized spacial score (nSPS) is 19.2. The van der Waals surface area contributed by atoms with Crippen molar-refractivity contribution in [1.29, 1.82) is 0 Å². The summed E-state index contributed by atoms with van der Waals surface area (Å²) < 4.78 is 89.3. The second-order valence-corrected chi connectivity index (χ2v) is 9.19. The summed E-state index contributed by atoms with van der Waals surface area (Å²) in [4.78, 5) is 0.0483. The Kier molecular flexibility index (Phi) is 6.88. The van der Waals surface area contributed by atoms with Crippen LogP contribution in [0.1, 0.15) is 31.2 Å². The average Bonchev–Trinajstić information content (AvgIpc) is 2.68. The molecule has 0 radical (unpaired) electrons. The minimum atomic E-state index is -4.89. The lowest BCUT2D eigenvalue weighted by Gasteiger charge is -2.34. The number of ether oxygens (including phenoxy) is 2. The van der Waals surface area contributed by atoms with Crippen molar-refractivity contribution in [3.8, 4) is 0 Å². The van der Waals surface area contributed by atoms with Crippen LogP contribution < -0.4 is 0 Å². The van der Waals surface area contributed by atoms with Crippen LogP contribution in [0.3, 0.4) is 0 Å². The van der Waals surface area contributed by atoms with Crippen LogP contribution in [0.25, 0.3) is 0 Å². The highest BCUT2D eigenvalue weighted by Gasteiger charge is 2.36. The Morgan fingerprint density at radius 3 is 2.37 bits per heavy atom. The number of rotatable bonds is 6. The molecule has 30 heavy (non-hydrogen) atoms. The topological polar surface area (TPSA) is 55.8 Å². The molecule has 0 bridgehead atoms. The van der Waals surface area contributed by atoms with Gasteiger partial charge in [-0.2, -0.15) is 4.31 Å². The van der Waals surface area contributed by atoms with E-state index in [0.29, 0.717) is 26.1 Å². The minimum absolute atomic E-state index is 0.0483. The van der Waals surface area contributed by atoms with Crippen molar-refractivity contribution < 1.29 is 35.5 Å². The number of hydrogen-bond donors (Lipinski definition) is 0. The maximum atomic E-state index is 14.5. The molecule has 5 nitrogen and oxygen atoms in total. The van der Waals surface area contributed by atoms with Crippen molar-refractivity contribution in [2.45, 2.75) is 49.9 Å². The average molecular weight is 449 g/mol. The Labute approximate surface area is 173 Å².